The predicted molar refractivity (Wildman–Crippen MR) is 78.0 cm³/mol. The van der Waals surface area contributed by atoms with Crippen LogP contribution in [0.15, 0.2) is 30.3 Å². The van der Waals surface area contributed by atoms with Crippen LogP contribution in [0.4, 0.5) is 0 Å². The van der Waals surface area contributed by atoms with Crippen LogP contribution in [0.2, 0.25) is 0 Å². The molecule has 3 N–H and O–H groups in total. The predicted octanol–water partition coefficient (Wildman–Crippen LogP) is -0.678. The van der Waals surface area contributed by atoms with Gasteiger partial charge >= 0.3 is 5.97 Å². The molecule has 2 amide bonds. The van der Waals surface area contributed by atoms with E-state index in [1.54, 1.807) is 24.3 Å². The fraction of sp³-hybridized carbons (Fsp3) is 0.400. The molecule has 0 saturated carbocycles. The van der Waals surface area contributed by atoms with Crippen LogP contribution in [0.25, 0.3) is 0 Å². The van der Waals surface area contributed by atoms with Crippen molar-refractivity contribution >= 4 is 17.8 Å². The molecule has 8 heteroatoms. The molecular formula is C15H18N2O6. The Kier molecular flexibility index (Phi) is 5.30. The van der Waals surface area contributed by atoms with Gasteiger partial charge in [0, 0.05) is 0 Å². The fourth-order valence-corrected chi connectivity index (χ4v) is 2.18. The number of aliphatic hydroxyl groups is 1. The molecule has 0 bridgehead atoms. The third kappa shape index (κ3) is 4.05. The molecule has 0 radical (unpaired) electrons. The number of nitrogens with one attached hydrogen (secondary N) is 1. The highest BCUT2D eigenvalue weighted by Gasteiger charge is 2.41. The molecule has 1 aliphatic heterocycles. The maximum atomic E-state index is 12.2. The number of aliphatic carboxylic acids is 1. The van der Waals surface area contributed by atoms with Crippen LogP contribution in [0.5, 0.6) is 0 Å². The molecule has 124 valence electrons. The summed E-state index contributed by atoms with van der Waals surface area (Å²) in [5.41, 5.74) is 0.759. The lowest BCUT2D eigenvalue weighted by Crippen LogP contribution is -2.62. The van der Waals surface area contributed by atoms with Crippen LogP contribution in [0.3, 0.4) is 0 Å². The topological polar surface area (TPSA) is 116 Å². The van der Waals surface area contributed by atoms with E-state index < -0.39 is 36.0 Å². The van der Waals surface area contributed by atoms with Gasteiger partial charge in [0.25, 0.3) is 5.91 Å². The van der Waals surface area contributed by atoms with E-state index in [1.165, 1.54) is 6.92 Å². The number of aliphatic hydroxyl groups excluding tert-OH is 1. The van der Waals surface area contributed by atoms with Gasteiger partial charge in [-0.3, -0.25) is 14.4 Å². The van der Waals surface area contributed by atoms with E-state index in [9.17, 15) is 19.5 Å². The zero-order valence-electron chi connectivity index (χ0n) is 12.5. The average Bonchev–Trinajstić information content (AvgIpc) is 2.52. The molecule has 1 heterocycles. The van der Waals surface area contributed by atoms with Crippen LogP contribution in [0.1, 0.15) is 12.5 Å². The number of hydrogen-bond acceptors (Lipinski definition) is 5. The quantitative estimate of drug-likeness (QED) is 0.661. The van der Waals surface area contributed by atoms with E-state index >= 15 is 0 Å². The molecule has 0 spiro atoms. The van der Waals surface area contributed by atoms with Gasteiger partial charge in [-0.05, 0) is 12.5 Å². The zero-order chi connectivity index (χ0) is 17.0. The Morgan fingerprint density at radius 2 is 2.04 bits per heavy atom. The Hall–Kier alpha value is -2.45. The lowest BCUT2D eigenvalue weighted by molar-refractivity contribution is -0.233. The Morgan fingerprint density at radius 3 is 2.65 bits per heavy atom. The lowest BCUT2D eigenvalue weighted by atomic mass is 10.1. The average molecular weight is 322 g/mol. The van der Waals surface area contributed by atoms with Gasteiger partial charge < -0.3 is 15.5 Å². The molecule has 1 aromatic rings. The Morgan fingerprint density at radius 1 is 1.39 bits per heavy atom. The number of benzene rings is 1. The summed E-state index contributed by atoms with van der Waals surface area (Å²) in [6, 6.07) is 6.46. The van der Waals surface area contributed by atoms with Gasteiger partial charge in [-0.15, -0.1) is 0 Å². The van der Waals surface area contributed by atoms with E-state index in [0.717, 1.165) is 5.56 Å². The highest BCUT2D eigenvalue weighted by molar-refractivity contribution is 5.91. The number of carbonyl (C=O) groups excluding carboxylic acids is 2. The zero-order valence-corrected chi connectivity index (χ0v) is 12.5. The molecule has 1 fully saturated rings. The summed E-state index contributed by atoms with van der Waals surface area (Å²) >= 11 is 0. The molecule has 23 heavy (non-hydrogen) atoms. The summed E-state index contributed by atoms with van der Waals surface area (Å²) < 4.78 is 0. The van der Waals surface area contributed by atoms with Gasteiger partial charge in [-0.1, -0.05) is 30.3 Å². The minimum atomic E-state index is -1.25. The van der Waals surface area contributed by atoms with E-state index in [2.05, 4.69) is 5.32 Å². The standard InChI is InChI=1S/C15H18N2O6/c1-9(15(21)22)17-14(20)13(11(18)8-23-17)16-12(19)7-10-5-3-2-4-6-10/h2-6,9,11,13,18H,7-8H2,1H3,(H,16,19)(H,21,22). The molecule has 3 unspecified atom stereocenters. The Labute approximate surface area is 132 Å². The maximum absolute atomic E-state index is 12.2. The van der Waals surface area contributed by atoms with Crippen molar-refractivity contribution in [2.75, 3.05) is 6.61 Å². The number of nitrogens with zero attached hydrogens (tertiary/aromatic N) is 1. The first-order valence-corrected chi connectivity index (χ1v) is 7.10. The van der Waals surface area contributed by atoms with Crippen LogP contribution in [0, 0.1) is 0 Å². The minimum absolute atomic E-state index is 0.0483. The van der Waals surface area contributed by atoms with E-state index in [0.29, 0.717) is 5.06 Å². The molecule has 1 saturated heterocycles. The van der Waals surface area contributed by atoms with Gasteiger partial charge in [0.1, 0.15) is 18.8 Å². The SMILES string of the molecule is CC(C(=O)O)N1OCC(O)C(NC(=O)Cc2ccccc2)C1=O. The summed E-state index contributed by atoms with van der Waals surface area (Å²) in [5.74, 6) is -2.48. The summed E-state index contributed by atoms with van der Waals surface area (Å²) in [6.07, 6.45) is -1.19. The number of carboxylic acids is 1. The molecule has 1 aliphatic rings. The van der Waals surface area contributed by atoms with Crippen LogP contribution in [-0.4, -0.2) is 57.9 Å². The van der Waals surface area contributed by atoms with E-state index in [1.807, 2.05) is 6.07 Å². The molecule has 2 rings (SSSR count). The van der Waals surface area contributed by atoms with Crippen molar-refractivity contribution in [3.8, 4) is 0 Å². The van der Waals surface area contributed by atoms with E-state index in [4.69, 9.17) is 9.94 Å². The molecule has 0 aromatic heterocycles. The number of hydroxylamine groups is 2. The molecular weight excluding hydrogens is 304 g/mol. The normalized spacial score (nSPS) is 22.5. The van der Waals surface area contributed by atoms with Crippen LogP contribution < -0.4 is 5.32 Å². The van der Waals surface area contributed by atoms with Crippen molar-refractivity contribution < 1.29 is 29.4 Å². The summed E-state index contributed by atoms with van der Waals surface area (Å²) in [4.78, 5) is 40.2. The third-order valence-electron chi connectivity index (χ3n) is 3.49. The maximum Gasteiger partial charge on any atom is 0.328 e. The molecule has 8 nitrogen and oxygen atoms in total. The van der Waals surface area contributed by atoms with E-state index in [-0.39, 0.29) is 13.0 Å². The molecule has 1 aromatic carbocycles. The summed E-state index contributed by atoms with van der Waals surface area (Å²) in [6.45, 7) is 1.00. The highest BCUT2D eigenvalue weighted by Crippen LogP contribution is 2.14. The van der Waals surface area contributed by atoms with Gasteiger partial charge in [-0.2, -0.15) is 0 Å². The van der Waals surface area contributed by atoms with Crippen molar-refractivity contribution in [3.63, 3.8) is 0 Å². The van der Waals surface area contributed by atoms with Gasteiger partial charge in [0.15, 0.2) is 6.04 Å². The third-order valence-corrected chi connectivity index (χ3v) is 3.49. The number of amides is 2. The van der Waals surface area contributed by atoms with Crippen molar-refractivity contribution in [1.82, 2.24) is 10.4 Å². The van der Waals surface area contributed by atoms with Crippen molar-refractivity contribution in [1.29, 1.82) is 0 Å². The van der Waals surface area contributed by atoms with Crippen molar-refractivity contribution in [2.24, 2.45) is 0 Å². The number of rotatable bonds is 5. The van der Waals surface area contributed by atoms with Crippen LogP contribution in [-0.2, 0) is 25.6 Å². The summed E-state index contributed by atoms with van der Waals surface area (Å²) in [7, 11) is 0. The fourth-order valence-electron chi connectivity index (χ4n) is 2.18. The second-order valence-corrected chi connectivity index (χ2v) is 5.25. The number of carboxylic acid groups (broad SMARTS) is 1. The van der Waals surface area contributed by atoms with Gasteiger partial charge in [0.05, 0.1) is 6.42 Å². The second kappa shape index (κ2) is 7.21. The lowest BCUT2D eigenvalue weighted by Gasteiger charge is -2.36. The number of carbonyl (C=O) groups is 3. The highest BCUT2D eigenvalue weighted by atomic mass is 16.7. The summed E-state index contributed by atoms with van der Waals surface area (Å²) in [5, 5.41) is 21.9. The Bertz CT molecular complexity index is 591. The van der Waals surface area contributed by atoms with Gasteiger partial charge in [0.2, 0.25) is 5.91 Å². The van der Waals surface area contributed by atoms with Crippen LogP contribution >= 0.6 is 0 Å². The number of hydrogen-bond donors (Lipinski definition) is 3. The van der Waals surface area contributed by atoms with Crippen molar-refractivity contribution in [2.45, 2.75) is 31.5 Å². The van der Waals surface area contributed by atoms with Crippen molar-refractivity contribution in [3.05, 3.63) is 35.9 Å². The first-order valence-electron chi connectivity index (χ1n) is 7.10. The first-order chi connectivity index (χ1) is 10.9. The first kappa shape index (κ1) is 16.9. The molecule has 3 atom stereocenters. The van der Waals surface area contributed by atoms with Gasteiger partial charge in [-0.25, -0.2) is 9.86 Å². The Balaban J connectivity index is 2.03. The second-order valence-electron chi connectivity index (χ2n) is 5.25. The minimum Gasteiger partial charge on any atom is -0.480 e. The smallest absolute Gasteiger partial charge is 0.328 e. The monoisotopic (exact) mass is 322 g/mol. The molecule has 0 aliphatic carbocycles. The largest absolute Gasteiger partial charge is 0.480 e.